The standard InChI is InChI=1S/C14H19NO4/c1-9(12-7-4-8-19-12)15-13(16)10-5-2-3-6-11(10)14(17)18/h4,7-11H,2-3,5-6H2,1H3,(H,15,16)(H,17,18)/t9-,10?,11?/m0/s1. The summed E-state index contributed by atoms with van der Waals surface area (Å²) in [7, 11) is 0. The van der Waals surface area contributed by atoms with Gasteiger partial charge in [-0.15, -0.1) is 0 Å². The van der Waals surface area contributed by atoms with Gasteiger partial charge in [-0.1, -0.05) is 12.8 Å². The Hall–Kier alpha value is -1.78. The molecule has 5 heteroatoms. The molecule has 5 nitrogen and oxygen atoms in total. The summed E-state index contributed by atoms with van der Waals surface area (Å²) in [5, 5.41) is 12.0. The first-order chi connectivity index (χ1) is 9.09. The van der Waals surface area contributed by atoms with E-state index in [4.69, 9.17) is 4.42 Å². The van der Waals surface area contributed by atoms with Gasteiger partial charge < -0.3 is 14.8 Å². The number of carbonyl (C=O) groups excluding carboxylic acids is 1. The number of hydrogen-bond acceptors (Lipinski definition) is 3. The van der Waals surface area contributed by atoms with E-state index < -0.39 is 17.8 Å². The summed E-state index contributed by atoms with van der Waals surface area (Å²) in [4.78, 5) is 23.4. The molecule has 1 aromatic rings. The second-order valence-corrected chi connectivity index (χ2v) is 5.08. The number of carboxylic acid groups (broad SMARTS) is 1. The third-order valence-corrected chi connectivity index (χ3v) is 3.75. The fourth-order valence-electron chi connectivity index (χ4n) is 2.67. The Morgan fingerprint density at radius 3 is 2.63 bits per heavy atom. The number of furan rings is 1. The monoisotopic (exact) mass is 265 g/mol. The van der Waals surface area contributed by atoms with Gasteiger partial charge in [0, 0.05) is 0 Å². The van der Waals surface area contributed by atoms with Crippen LogP contribution >= 0.6 is 0 Å². The fourth-order valence-corrected chi connectivity index (χ4v) is 2.67. The molecule has 0 aliphatic heterocycles. The number of rotatable bonds is 4. The third kappa shape index (κ3) is 3.16. The highest BCUT2D eigenvalue weighted by Crippen LogP contribution is 2.31. The van der Waals surface area contributed by atoms with Gasteiger partial charge in [-0.25, -0.2) is 0 Å². The molecule has 1 aromatic heterocycles. The first-order valence-electron chi connectivity index (χ1n) is 6.66. The van der Waals surface area contributed by atoms with Gasteiger partial charge in [0.25, 0.3) is 0 Å². The Bertz CT molecular complexity index is 440. The zero-order valence-corrected chi connectivity index (χ0v) is 11.0. The van der Waals surface area contributed by atoms with Crippen LogP contribution in [0, 0.1) is 11.8 Å². The van der Waals surface area contributed by atoms with E-state index in [1.54, 1.807) is 18.4 Å². The van der Waals surface area contributed by atoms with E-state index in [2.05, 4.69) is 5.32 Å². The summed E-state index contributed by atoms with van der Waals surface area (Å²) in [5.41, 5.74) is 0. The summed E-state index contributed by atoms with van der Waals surface area (Å²) in [6.45, 7) is 1.83. The molecular formula is C14H19NO4. The summed E-state index contributed by atoms with van der Waals surface area (Å²) in [5.74, 6) is -1.36. The Kier molecular flexibility index (Phi) is 4.24. The smallest absolute Gasteiger partial charge is 0.307 e. The topological polar surface area (TPSA) is 79.5 Å². The van der Waals surface area contributed by atoms with Gasteiger partial charge in [0.15, 0.2) is 0 Å². The second-order valence-electron chi connectivity index (χ2n) is 5.08. The van der Waals surface area contributed by atoms with Crippen molar-refractivity contribution >= 4 is 11.9 Å². The highest BCUT2D eigenvalue weighted by molar-refractivity contribution is 5.85. The Morgan fingerprint density at radius 1 is 1.37 bits per heavy atom. The maximum atomic E-state index is 12.2. The van der Waals surface area contributed by atoms with Crippen molar-refractivity contribution in [1.29, 1.82) is 0 Å². The molecule has 0 saturated heterocycles. The van der Waals surface area contributed by atoms with Crippen LogP contribution in [0.2, 0.25) is 0 Å². The molecule has 1 amide bonds. The zero-order valence-electron chi connectivity index (χ0n) is 11.0. The highest BCUT2D eigenvalue weighted by Gasteiger charge is 2.36. The molecule has 1 saturated carbocycles. The van der Waals surface area contributed by atoms with Crippen molar-refractivity contribution in [2.45, 2.75) is 38.6 Å². The maximum Gasteiger partial charge on any atom is 0.307 e. The summed E-state index contributed by atoms with van der Waals surface area (Å²) in [6.07, 6.45) is 4.58. The lowest BCUT2D eigenvalue weighted by atomic mass is 9.78. The normalized spacial score (nSPS) is 24.7. The molecule has 2 N–H and O–H groups in total. The molecular weight excluding hydrogens is 246 g/mol. The Balaban J connectivity index is 2.00. The van der Waals surface area contributed by atoms with Crippen molar-refractivity contribution in [3.05, 3.63) is 24.2 Å². The minimum absolute atomic E-state index is 0.184. The van der Waals surface area contributed by atoms with Gasteiger partial charge in [0.2, 0.25) is 5.91 Å². The summed E-state index contributed by atoms with van der Waals surface area (Å²) < 4.78 is 5.23. The van der Waals surface area contributed by atoms with Crippen LogP contribution in [0.15, 0.2) is 22.8 Å². The van der Waals surface area contributed by atoms with E-state index in [0.29, 0.717) is 18.6 Å². The van der Waals surface area contributed by atoms with Crippen LogP contribution < -0.4 is 5.32 Å². The number of amides is 1. The van der Waals surface area contributed by atoms with Gasteiger partial charge in [0.05, 0.1) is 24.1 Å². The summed E-state index contributed by atoms with van der Waals surface area (Å²) in [6, 6.07) is 3.32. The van der Waals surface area contributed by atoms with Crippen LogP contribution in [0.3, 0.4) is 0 Å². The molecule has 1 aliphatic carbocycles. The van der Waals surface area contributed by atoms with Gasteiger partial charge in [-0.2, -0.15) is 0 Å². The highest BCUT2D eigenvalue weighted by atomic mass is 16.4. The van der Waals surface area contributed by atoms with Crippen molar-refractivity contribution in [2.24, 2.45) is 11.8 Å². The maximum absolute atomic E-state index is 12.2. The van der Waals surface area contributed by atoms with Crippen molar-refractivity contribution < 1.29 is 19.1 Å². The van der Waals surface area contributed by atoms with Crippen LogP contribution in [0.4, 0.5) is 0 Å². The Labute approximate surface area is 112 Å². The van der Waals surface area contributed by atoms with E-state index in [1.165, 1.54) is 0 Å². The van der Waals surface area contributed by atoms with Gasteiger partial charge in [-0.3, -0.25) is 9.59 Å². The Morgan fingerprint density at radius 2 is 2.05 bits per heavy atom. The fraction of sp³-hybridized carbons (Fsp3) is 0.571. The van der Waals surface area contributed by atoms with Gasteiger partial charge in [-0.05, 0) is 31.9 Å². The molecule has 1 fully saturated rings. The predicted octanol–water partition coefficient (Wildman–Crippen LogP) is 2.35. The van der Waals surface area contributed by atoms with Gasteiger partial charge >= 0.3 is 5.97 Å². The molecule has 0 aromatic carbocycles. The molecule has 1 aliphatic rings. The lowest BCUT2D eigenvalue weighted by Gasteiger charge is -2.28. The van der Waals surface area contributed by atoms with Crippen molar-refractivity contribution in [3.63, 3.8) is 0 Å². The quantitative estimate of drug-likeness (QED) is 0.875. The summed E-state index contributed by atoms with van der Waals surface area (Å²) >= 11 is 0. The van der Waals surface area contributed by atoms with Crippen LogP contribution in [0.5, 0.6) is 0 Å². The van der Waals surface area contributed by atoms with E-state index in [0.717, 1.165) is 12.8 Å². The van der Waals surface area contributed by atoms with Crippen LogP contribution in [0.1, 0.15) is 44.4 Å². The minimum atomic E-state index is -0.870. The molecule has 2 rings (SSSR count). The lowest BCUT2D eigenvalue weighted by molar-refractivity contribution is -0.149. The van der Waals surface area contributed by atoms with Crippen molar-refractivity contribution in [3.8, 4) is 0 Å². The molecule has 2 unspecified atom stereocenters. The predicted molar refractivity (Wildman–Crippen MR) is 68.3 cm³/mol. The minimum Gasteiger partial charge on any atom is -0.481 e. The average molecular weight is 265 g/mol. The second kappa shape index (κ2) is 5.91. The zero-order chi connectivity index (χ0) is 13.8. The number of aliphatic carboxylic acids is 1. The SMILES string of the molecule is C[C@H](NC(=O)C1CCCCC1C(=O)O)c1ccco1. The number of nitrogens with one attached hydrogen (secondary N) is 1. The first-order valence-corrected chi connectivity index (χ1v) is 6.66. The molecule has 104 valence electrons. The van der Waals surface area contributed by atoms with Crippen molar-refractivity contribution in [2.75, 3.05) is 0 Å². The van der Waals surface area contributed by atoms with Crippen LogP contribution in [-0.2, 0) is 9.59 Å². The van der Waals surface area contributed by atoms with Crippen LogP contribution in [0.25, 0.3) is 0 Å². The lowest BCUT2D eigenvalue weighted by Crippen LogP contribution is -2.40. The molecule has 0 spiro atoms. The van der Waals surface area contributed by atoms with Crippen molar-refractivity contribution in [1.82, 2.24) is 5.32 Å². The molecule has 0 radical (unpaired) electrons. The van der Waals surface area contributed by atoms with E-state index in [9.17, 15) is 14.7 Å². The number of hydrogen-bond donors (Lipinski definition) is 2. The van der Waals surface area contributed by atoms with E-state index in [1.807, 2.05) is 6.92 Å². The third-order valence-electron chi connectivity index (χ3n) is 3.75. The molecule has 1 heterocycles. The molecule has 19 heavy (non-hydrogen) atoms. The molecule has 0 bridgehead atoms. The van der Waals surface area contributed by atoms with E-state index >= 15 is 0 Å². The van der Waals surface area contributed by atoms with E-state index in [-0.39, 0.29) is 11.9 Å². The van der Waals surface area contributed by atoms with Crippen LogP contribution in [-0.4, -0.2) is 17.0 Å². The average Bonchev–Trinajstić information content (AvgIpc) is 2.92. The largest absolute Gasteiger partial charge is 0.481 e. The molecule has 3 atom stereocenters. The number of carbonyl (C=O) groups is 2. The van der Waals surface area contributed by atoms with Gasteiger partial charge in [0.1, 0.15) is 5.76 Å². The number of carboxylic acids is 1. The first kappa shape index (κ1) is 13.6.